The van der Waals surface area contributed by atoms with Crippen molar-refractivity contribution < 1.29 is 14.3 Å². The third-order valence-electron chi connectivity index (χ3n) is 0.737. The Hall–Kier alpha value is -0.410. The van der Waals surface area contributed by atoms with Crippen molar-refractivity contribution in [3.63, 3.8) is 0 Å². The van der Waals surface area contributed by atoms with Crippen LogP contribution in [-0.2, 0) is 14.3 Å². The van der Waals surface area contributed by atoms with Crippen molar-refractivity contribution in [1.29, 1.82) is 0 Å². The topological polar surface area (TPSA) is 35.5 Å². The number of carbonyl (C=O) groups excluding carboxylic acids is 1. The number of carbonyl (C=O) groups is 1. The van der Waals surface area contributed by atoms with Gasteiger partial charge in [0.2, 0.25) is 0 Å². The fourth-order valence-corrected chi connectivity index (χ4v) is 0.358. The molecule has 0 rings (SSSR count). The Kier molecular flexibility index (Phi) is 5.46. The molecule has 0 heterocycles. The molecule has 0 aromatic heterocycles. The molecule has 0 aliphatic heterocycles. The molecule has 0 unspecified atom stereocenters. The lowest BCUT2D eigenvalue weighted by atomic mass is 10.5. The minimum Gasteiger partial charge on any atom is -0.382 e. The molecule has 54 valence electrons. The Labute approximate surface area is 55.0 Å². The number of rotatable bonds is 5. The van der Waals surface area contributed by atoms with Gasteiger partial charge in [0.25, 0.3) is 0 Å². The molecule has 0 aliphatic rings. The largest absolute Gasteiger partial charge is 0.382 e. The predicted octanol–water partition coefficient (Wildman–Crippen LogP) is 0.238. The molecule has 0 amide bonds. The maximum absolute atomic E-state index is 10.2. The Morgan fingerprint density at radius 1 is 1.44 bits per heavy atom. The Morgan fingerprint density at radius 3 is 2.56 bits per heavy atom. The van der Waals surface area contributed by atoms with Gasteiger partial charge in [-0.3, -0.25) is 4.79 Å². The van der Waals surface area contributed by atoms with E-state index >= 15 is 0 Å². The third kappa shape index (κ3) is 7.59. The van der Waals surface area contributed by atoms with Crippen molar-refractivity contribution in [2.45, 2.75) is 6.92 Å². The van der Waals surface area contributed by atoms with Crippen molar-refractivity contribution in [2.24, 2.45) is 0 Å². The molecule has 0 atom stereocenters. The molecule has 0 fully saturated rings. The van der Waals surface area contributed by atoms with Crippen LogP contribution in [0.1, 0.15) is 6.92 Å². The molecule has 0 N–H and O–H groups in total. The van der Waals surface area contributed by atoms with Gasteiger partial charge < -0.3 is 9.47 Å². The molecule has 0 bridgehead atoms. The second-order valence-corrected chi connectivity index (χ2v) is 1.75. The molecule has 3 heteroatoms. The summed E-state index contributed by atoms with van der Waals surface area (Å²) in [7, 11) is 1.59. The smallest absolute Gasteiger partial charge is 0.155 e. The van der Waals surface area contributed by atoms with E-state index in [2.05, 4.69) is 4.74 Å². The van der Waals surface area contributed by atoms with E-state index in [0.717, 1.165) is 0 Å². The highest BCUT2D eigenvalue weighted by molar-refractivity contribution is 5.76. The highest BCUT2D eigenvalue weighted by atomic mass is 16.5. The second kappa shape index (κ2) is 5.72. The number of ketones is 1. The summed E-state index contributed by atoms with van der Waals surface area (Å²) in [6.07, 6.45) is 0. The SMILES string of the molecule is COCCOCC(C)=O. The molecule has 0 spiro atoms. The first-order valence-corrected chi connectivity index (χ1v) is 2.83. The average molecular weight is 132 g/mol. The summed E-state index contributed by atoms with van der Waals surface area (Å²) in [6, 6.07) is 0. The van der Waals surface area contributed by atoms with Crippen LogP contribution in [0.3, 0.4) is 0 Å². The number of Topliss-reactive ketones (excluding diaryl/α,β-unsaturated/α-hetero) is 1. The van der Waals surface area contributed by atoms with Crippen LogP contribution in [0.25, 0.3) is 0 Å². The first-order chi connectivity index (χ1) is 4.27. The van der Waals surface area contributed by atoms with Gasteiger partial charge in [0.1, 0.15) is 6.61 Å². The minimum atomic E-state index is 0.0473. The number of hydrogen-bond donors (Lipinski definition) is 0. The lowest BCUT2D eigenvalue weighted by molar-refractivity contribution is -0.121. The summed E-state index contributed by atoms with van der Waals surface area (Å²) in [5.74, 6) is 0.0473. The molecule has 0 aromatic rings. The second-order valence-electron chi connectivity index (χ2n) is 1.75. The van der Waals surface area contributed by atoms with Crippen molar-refractivity contribution in [1.82, 2.24) is 0 Å². The van der Waals surface area contributed by atoms with Crippen LogP contribution in [0.2, 0.25) is 0 Å². The number of ether oxygens (including phenoxy) is 2. The van der Waals surface area contributed by atoms with Gasteiger partial charge in [-0.15, -0.1) is 0 Å². The summed E-state index contributed by atoms with van der Waals surface area (Å²) in [5.41, 5.74) is 0. The van der Waals surface area contributed by atoms with E-state index in [-0.39, 0.29) is 12.4 Å². The molecular formula is C6H12O3. The van der Waals surface area contributed by atoms with Crippen molar-refractivity contribution in [3.8, 4) is 0 Å². The minimum absolute atomic E-state index is 0.0473. The van der Waals surface area contributed by atoms with Crippen LogP contribution < -0.4 is 0 Å². The fourth-order valence-electron chi connectivity index (χ4n) is 0.358. The van der Waals surface area contributed by atoms with Crippen LogP contribution in [-0.4, -0.2) is 32.7 Å². The van der Waals surface area contributed by atoms with Gasteiger partial charge in [-0.25, -0.2) is 0 Å². The quantitative estimate of drug-likeness (QED) is 0.502. The number of methoxy groups -OCH3 is 1. The van der Waals surface area contributed by atoms with E-state index in [1.165, 1.54) is 6.92 Å². The van der Waals surface area contributed by atoms with E-state index in [1.54, 1.807) is 7.11 Å². The standard InChI is InChI=1S/C6H12O3/c1-6(7)5-9-4-3-8-2/h3-5H2,1-2H3. The summed E-state index contributed by atoms with van der Waals surface area (Å²) in [6.45, 7) is 2.74. The molecule has 0 aliphatic carbocycles. The summed E-state index contributed by atoms with van der Waals surface area (Å²) in [4.78, 5) is 10.2. The first kappa shape index (κ1) is 8.59. The van der Waals surface area contributed by atoms with Gasteiger partial charge in [-0.2, -0.15) is 0 Å². The lowest BCUT2D eigenvalue weighted by Gasteiger charge is -1.98. The number of hydrogen-bond acceptors (Lipinski definition) is 3. The Morgan fingerprint density at radius 2 is 2.11 bits per heavy atom. The van der Waals surface area contributed by atoms with Crippen LogP contribution in [0.4, 0.5) is 0 Å². The fraction of sp³-hybridized carbons (Fsp3) is 0.833. The van der Waals surface area contributed by atoms with Crippen molar-refractivity contribution >= 4 is 5.78 Å². The van der Waals surface area contributed by atoms with Crippen molar-refractivity contribution in [2.75, 3.05) is 26.9 Å². The van der Waals surface area contributed by atoms with Crippen molar-refractivity contribution in [3.05, 3.63) is 0 Å². The first-order valence-electron chi connectivity index (χ1n) is 2.83. The van der Waals surface area contributed by atoms with Crippen LogP contribution in [0.15, 0.2) is 0 Å². The lowest BCUT2D eigenvalue weighted by Crippen LogP contribution is -2.08. The van der Waals surface area contributed by atoms with E-state index in [4.69, 9.17) is 4.74 Å². The molecule has 0 radical (unpaired) electrons. The molecule has 9 heavy (non-hydrogen) atoms. The van der Waals surface area contributed by atoms with Gasteiger partial charge in [0, 0.05) is 7.11 Å². The van der Waals surface area contributed by atoms with Crippen LogP contribution >= 0.6 is 0 Å². The molecular weight excluding hydrogens is 120 g/mol. The van der Waals surface area contributed by atoms with Crippen LogP contribution in [0, 0.1) is 0 Å². The highest BCUT2D eigenvalue weighted by Crippen LogP contribution is 1.76. The van der Waals surface area contributed by atoms with Gasteiger partial charge >= 0.3 is 0 Å². The maximum atomic E-state index is 10.2. The zero-order chi connectivity index (χ0) is 7.11. The summed E-state index contributed by atoms with van der Waals surface area (Å²) < 4.78 is 9.55. The van der Waals surface area contributed by atoms with Gasteiger partial charge in [0.15, 0.2) is 5.78 Å². The summed E-state index contributed by atoms with van der Waals surface area (Å²) in [5, 5.41) is 0. The van der Waals surface area contributed by atoms with E-state index < -0.39 is 0 Å². The molecule has 3 nitrogen and oxygen atoms in total. The van der Waals surface area contributed by atoms with E-state index in [0.29, 0.717) is 13.2 Å². The summed E-state index contributed by atoms with van der Waals surface area (Å²) >= 11 is 0. The monoisotopic (exact) mass is 132 g/mol. The molecule has 0 saturated heterocycles. The Bertz CT molecular complexity index is 80.4. The van der Waals surface area contributed by atoms with E-state index in [9.17, 15) is 4.79 Å². The van der Waals surface area contributed by atoms with Gasteiger partial charge in [-0.05, 0) is 6.92 Å². The zero-order valence-corrected chi connectivity index (χ0v) is 5.85. The van der Waals surface area contributed by atoms with Gasteiger partial charge in [0.05, 0.1) is 13.2 Å². The molecule has 0 saturated carbocycles. The maximum Gasteiger partial charge on any atom is 0.155 e. The highest BCUT2D eigenvalue weighted by Gasteiger charge is 1.90. The molecule has 0 aromatic carbocycles. The predicted molar refractivity (Wildman–Crippen MR) is 33.4 cm³/mol. The average Bonchev–Trinajstić information content (AvgIpc) is 1.80. The van der Waals surface area contributed by atoms with E-state index in [1.807, 2.05) is 0 Å². The van der Waals surface area contributed by atoms with Crippen LogP contribution in [0.5, 0.6) is 0 Å². The third-order valence-corrected chi connectivity index (χ3v) is 0.737. The normalized spacial score (nSPS) is 9.56. The zero-order valence-electron chi connectivity index (χ0n) is 5.85. The van der Waals surface area contributed by atoms with Gasteiger partial charge in [-0.1, -0.05) is 0 Å². The Balaban J connectivity index is 2.83.